The van der Waals surface area contributed by atoms with Crippen molar-refractivity contribution >= 4 is 22.9 Å². The van der Waals surface area contributed by atoms with Crippen LogP contribution in [-0.2, 0) is 9.53 Å². The van der Waals surface area contributed by atoms with Gasteiger partial charge in [0, 0.05) is 30.3 Å². The van der Waals surface area contributed by atoms with Crippen molar-refractivity contribution < 1.29 is 14.3 Å². The van der Waals surface area contributed by atoms with E-state index in [1.54, 1.807) is 7.11 Å². The van der Waals surface area contributed by atoms with Gasteiger partial charge in [-0.05, 0) is 118 Å². The quantitative estimate of drug-likeness (QED) is 0.207. The molecule has 0 aliphatic heterocycles. The highest BCUT2D eigenvalue weighted by Gasteiger charge is 2.33. The topological polar surface area (TPSA) is 51.7 Å². The minimum absolute atomic E-state index is 0.0516. The summed E-state index contributed by atoms with van der Waals surface area (Å²) in [4.78, 5) is 22.3. The van der Waals surface area contributed by atoms with Crippen LogP contribution >= 0.6 is 11.3 Å². The Morgan fingerprint density at radius 1 is 1.00 bits per heavy atom. The molecule has 3 aliphatic rings. The molecule has 3 aliphatic carbocycles. The first-order valence-electron chi connectivity index (χ1n) is 16.3. The van der Waals surface area contributed by atoms with Crippen molar-refractivity contribution in [2.24, 2.45) is 11.8 Å². The van der Waals surface area contributed by atoms with Crippen LogP contribution in [-0.4, -0.2) is 37.3 Å². The number of hydrogen-bond acceptors (Lipinski definition) is 5. The number of amides is 1. The van der Waals surface area contributed by atoms with Crippen molar-refractivity contribution in [3.63, 3.8) is 0 Å². The molecular formula is C37H46N2O3S. The monoisotopic (exact) mass is 598 g/mol. The fourth-order valence-corrected chi connectivity index (χ4v) is 8.17. The zero-order valence-electron chi connectivity index (χ0n) is 25.8. The number of benzene rings is 2. The first-order valence-corrected chi connectivity index (χ1v) is 17.1. The lowest BCUT2D eigenvalue weighted by Crippen LogP contribution is -2.42. The molecule has 0 unspecified atom stereocenters. The summed E-state index contributed by atoms with van der Waals surface area (Å²) in [5, 5.41) is 1.26. The average Bonchev–Trinajstić information content (AvgIpc) is 3.78. The van der Waals surface area contributed by atoms with E-state index in [2.05, 4.69) is 60.9 Å². The van der Waals surface area contributed by atoms with Crippen LogP contribution in [0.5, 0.6) is 5.75 Å². The smallest absolute Gasteiger partial charge is 0.230 e. The van der Waals surface area contributed by atoms with Crippen LogP contribution in [0.25, 0.3) is 10.4 Å². The van der Waals surface area contributed by atoms with Crippen LogP contribution < -0.4 is 9.64 Å². The Balaban J connectivity index is 1.17. The third-order valence-electron chi connectivity index (χ3n) is 9.81. The van der Waals surface area contributed by atoms with Crippen molar-refractivity contribution in [3.05, 3.63) is 77.5 Å². The molecule has 3 saturated carbocycles. The number of aromatic nitrogens is 1. The molecule has 0 N–H and O–H groups in total. The first kappa shape index (κ1) is 30.1. The molecule has 5 nitrogen and oxygen atoms in total. The summed E-state index contributed by atoms with van der Waals surface area (Å²) in [6.07, 6.45) is 14.9. The Hall–Kier alpha value is -2.96. The third-order valence-corrected chi connectivity index (χ3v) is 11.0. The molecule has 0 saturated heterocycles. The lowest BCUT2D eigenvalue weighted by atomic mass is 9.78. The third kappa shape index (κ3) is 7.24. The van der Waals surface area contributed by atoms with Crippen molar-refractivity contribution in [3.8, 4) is 16.2 Å². The summed E-state index contributed by atoms with van der Waals surface area (Å²) in [5.41, 5.74) is 4.82. The Bertz CT molecular complexity index is 1400. The molecule has 3 fully saturated rings. The van der Waals surface area contributed by atoms with E-state index >= 15 is 0 Å². The molecule has 43 heavy (non-hydrogen) atoms. The summed E-state index contributed by atoms with van der Waals surface area (Å²) in [6.45, 7) is 7.29. The lowest BCUT2D eigenvalue weighted by Gasteiger charge is -2.36. The molecule has 3 aromatic rings. The number of carbonyl (C=O) groups excluding carboxylic acids is 1. The Kier molecular flexibility index (Phi) is 9.64. The fraction of sp³-hybridized carbons (Fsp3) is 0.514. The van der Waals surface area contributed by atoms with E-state index in [1.165, 1.54) is 39.4 Å². The molecule has 0 radical (unpaired) electrons. The van der Waals surface area contributed by atoms with Gasteiger partial charge in [-0.1, -0.05) is 30.3 Å². The predicted molar refractivity (Wildman–Crippen MR) is 176 cm³/mol. The van der Waals surface area contributed by atoms with Gasteiger partial charge in [-0.3, -0.25) is 4.79 Å². The number of nitrogens with zero attached hydrogens (tertiary/aromatic N) is 2. The highest BCUT2D eigenvalue weighted by Crippen LogP contribution is 2.44. The zero-order valence-corrected chi connectivity index (χ0v) is 26.6. The van der Waals surface area contributed by atoms with E-state index in [9.17, 15) is 4.79 Å². The van der Waals surface area contributed by atoms with Gasteiger partial charge in [0.05, 0.1) is 29.7 Å². The second-order valence-corrected chi connectivity index (χ2v) is 13.9. The van der Waals surface area contributed by atoms with Crippen molar-refractivity contribution in [2.45, 2.75) is 89.1 Å². The first-order chi connectivity index (χ1) is 21.0. The number of anilines is 1. The molecule has 2 aromatic carbocycles. The second kappa shape index (κ2) is 13.8. The van der Waals surface area contributed by atoms with Crippen molar-refractivity contribution in [1.82, 2.24) is 4.98 Å². The summed E-state index contributed by atoms with van der Waals surface area (Å²) in [5.74, 6) is 3.03. The van der Waals surface area contributed by atoms with E-state index < -0.39 is 0 Å². The number of aryl methyl sites for hydroxylation is 1. The SMILES string of the molecule is C=CCO[C@H]1CC[C@H](C(=O)N(C[C@H]2CC[C@H](c3ccc(OC)c(C)c3)CC2)c2cccc(-c3cnc(C4CC4)s3)c2)CC1. The minimum atomic E-state index is 0.0516. The molecule has 6 heteroatoms. The van der Waals surface area contributed by atoms with Crippen LogP contribution in [0.3, 0.4) is 0 Å². The zero-order chi connectivity index (χ0) is 29.8. The van der Waals surface area contributed by atoms with Gasteiger partial charge in [0.25, 0.3) is 0 Å². The number of carbonyl (C=O) groups is 1. The van der Waals surface area contributed by atoms with E-state index in [0.717, 1.165) is 69.3 Å². The number of thiazole rings is 1. The van der Waals surface area contributed by atoms with E-state index in [4.69, 9.17) is 14.5 Å². The molecule has 6 rings (SSSR count). The van der Waals surface area contributed by atoms with Gasteiger partial charge in [-0.2, -0.15) is 0 Å². The number of hydrogen-bond donors (Lipinski definition) is 0. The van der Waals surface area contributed by atoms with Gasteiger partial charge >= 0.3 is 0 Å². The number of rotatable bonds is 11. The number of ether oxygens (including phenoxy) is 2. The highest BCUT2D eigenvalue weighted by molar-refractivity contribution is 7.15. The van der Waals surface area contributed by atoms with Crippen LogP contribution in [0, 0.1) is 18.8 Å². The molecule has 1 amide bonds. The summed E-state index contributed by atoms with van der Waals surface area (Å²) < 4.78 is 11.4. The Labute approximate surface area is 261 Å². The van der Waals surface area contributed by atoms with Crippen LogP contribution in [0.2, 0.25) is 0 Å². The molecule has 1 aromatic heterocycles. The lowest BCUT2D eigenvalue weighted by molar-refractivity contribution is -0.124. The summed E-state index contributed by atoms with van der Waals surface area (Å²) in [6, 6.07) is 15.3. The normalized spacial score (nSPS) is 24.0. The van der Waals surface area contributed by atoms with Crippen molar-refractivity contribution in [1.29, 1.82) is 0 Å². The van der Waals surface area contributed by atoms with Gasteiger partial charge < -0.3 is 14.4 Å². The minimum Gasteiger partial charge on any atom is -0.496 e. The van der Waals surface area contributed by atoms with Crippen LogP contribution in [0.1, 0.15) is 92.2 Å². The average molecular weight is 599 g/mol. The van der Waals surface area contributed by atoms with E-state index in [1.807, 2.05) is 23.6 Å². The van der Waals surface area contributed by atoms with E-state index in [0.29, 0.717) is 24.4 Å². The summed E-state index contributed by atoms with van der Waals surface area (Å²) in [7, 11) is 1.74. The van der Waals surface area contributed by atoms with Crippen LogP contribution in [0.4, 0.5) is 5.69 Å². The molecule has 0 spiro atoms. The fourth-order valence-electron chi connectivity index (χ4n) is 7.08. The standard InChI is InChI=1S/C37H46N2O3S/c1-4-20-42-33-17-14-29(15-18-33)37(40)39(32-7-5-6-31(22-32)35-23-38-36(43-35)28-12-13-28)24-26-8-10-27(11-9-26)30-16-19-34(41-3)25(2)21-30/h4-7,16,19,21-23,26-29,33H,1,8-15,17-18,20,24H2,2-3H3/t26-,27-,29-,33-. The predicted octanol–water partition coefficient (Wildman–Crippen LogP) is 9.07. The van der Waals surface area contributed by atoms with Gasteiger partial charge in [-0.25, -0.2) is 4.98 Å². The van der Waals surface area contributed by atoms with Gasteiger partial charge in [-0.15, -0.1) is 17.9 Å². The Morgan fingerprint density at radius 2 is 1.77 bits per heavy atom. The van der Waals surface area contributed by atoms with Gasteiger partial charge in [0.15, 0.2) is 0 Å². The maximum atomic E-state index is 14.3. The maximum Gasteiger partial charge on any atom is 0.230 e. The van der Waals surface area contributed by atoms with Gasteiger partial charge in [0.2, 0.25) is 5.91 Å². The molecule has 1 heterocycles. The molecule has 228 valence electrons. The number of methoxy groups -OCH3 is 1. The van der Waals surface area contributed by atoms with Crippen molar-refractivity contribution in [2.75, 3.05) is 25.2 Å². The van der Waals surface area contributed by atoms with Crippen LogP contribution in [0.15, 0.2) is 61.3 Å². The Morgan fingerprint density at radius 3 is 2.47 bits per heavy atom. The summed E-state index contributed by atoms with van der Waals surface area (Å²) >= 11 is 1.81. The van der Waals surface area contributed by atoms with E-state index in [-0.39, 0.29) is 17.9 Å². The molecule has 0 atom stereocenters. The molecule has 0 bridgehead atoms. The second-order valence-electron chi connectivity index (χ2n) is 12.9. The highest BCUT2D eigenvalue weighted by atomic mass is 32.1. The maximum absolute atomic E-state index is 14.3. The largest absolute Gasteiger partial charge is 0.496 e. The van der Waals surface area contributed by atoms with Gasteiger partial charge in [0.1, 0.15) is 5.75 Å². The molecular weight excluding hydrogens is 552 g/mol.